The fraction of sp³-hybridized carbons (Fsp3) is 0.400. The third-order valence-corrected chi connectivity index (χ3v) is 6.07. The topological polar surface area (TPSA) is 75.4 Å². The maximum absolute atomic E-state index is 12.8. The number of aromatic nitrogens is 3. The van der Waals surface area contributed by atoms with Crippen LogP contribution in [0.15, 0.2) is 65.7 Å². The van der Waals surface area contributed by atoms with Gasteiger partial charge in [-0.05, 0) is 50.6 Å². The Balaban J connectivity index is 1.45. The lowest BCUT2D eigenvalue weighted by Gasteiger charge is -2.39. The Morgan fingerprint density at radius 3 is 2.18 bits per heavy atom. The minimum absolute atomic E-state index is 0.0217. The van der Waals surface area contributed by atoms with Gasteiger partial charge >= 0.3 is 5.69 Å². The number of piperazine rings is 1. The summed E-state index contributed by atoms with van der Waals surface area (Å²) in [5.41, 5.74) is 2.80. The average molecular weight is 449 g/mol. The Kier molecular flexibility index (Phi) is 6.93. The molecule has 8 nitrogen and oxygen atoms in total. The van der Waals surface area contributed by atoms with Crippen molar-refractivity contribution >= 4 is 11.6 Å². The molecule has 8 heteroatoms. The van der Waals surface area contributed by atoms with E-state index in [9.17, 15) is 9.59 Å². The van der Waals surface area contributed by atoms with Crippen molar-refractivity contribution in [2.75, 3.05) is 37.6 Å². The van der Waals surface area contributed by atoms with Gasteiger partial charge < -0.3 is 10.2 Å². The number of amides is 1. The number of anilines is 1. The lowest BCUT2D eigenvalue weighted by molar-refractivity contribution is -0.126. The van der Waals surface area contributed by atoms with E-state index >= 15 is 0 Å². The van der Waals surface area contributed by atoms with E-state index in [0.29, 0.717) is 6.54 Å². The second-order valence-electron chi connectivity index (χ2n) is 8.57. The molecule has 1 atom stereocenters. The molecule has 174 valence electrons. The van der Waals surface area contributed by atoms with Crippen molar-refractivity contribution in [3.63, 3.8) is 0 Å². The van der Waals surface area contributed by atoms with Gasteiger partial charge in [0.25, 0.3) is 0 Å². The lowest BCUT2D eigenvalue weighted by Crippen LogP contribution is -2.51. The summed E-state index contributed by atoms with van der Waals surface area (Å²) >= 11 is 0. The molecule has 0 aliphatic carbocycles. The largest absolute Gasteiger partial charge is 0.369 e. The summed E-state index contributed by atoms with van der Waals surface area (Å²) in [6.07, 6.45) is 1.57. The standard InChI is InChI=1S/C25H32N6O2/c1-4-26-24(32)23(20-8-6-5-7-9-20)29-16-14-28(15-17-29)21-10-12-22(13-11-21)30-18-27-31(19(2)3)25(30)33/h5-13,18-19,23H,4,14-17H2,1-3H3,(H,26,32). The van der Waals surface area contributed by atoms with Gasteiger partial charge in [0.05, 0.1) is 11.7 Å². The van der Waals surface area contributed by atoms with Crippen LogP contribution in [-0.4, -0.2) is 57.9 Å². The Morgan fingerprint density at radius 2 is 1.61 bits per heavy atom. The van der Waals surface area contributed by atoms with E-state index in [4.69, 9.17) is 0 Å². The molecule has 0 bridgehead atoms. The first-order valence-electron chi connectivity index (χ1n) is 11.6. The number of nitrogens with one attached hydrogen (secondary N) is 1. The normalized spacial score (nSPS) is 15.6. The van der Waals surface area contributed by atoms with Crippen LogP contribution in [0.2, 0.25) is 0 Å². The Labute approximate surface area is 194 Å². The molecule has 4 rings (SSSR count). The highest BCUT2D eigenvalue weighted by atomic mass is 16.2. The monoisotopic (exact) mass is 448 g/mol. The van der Waals surface area contributed by atoms with Crippen molar-refractivity contribution in [2.45, 2.75) is 32.9 Å². The number of carbonyl (C=O) groups excluding carboxylic acids is 1. The molecule has 1 fully saturated rings. The smallest absolute Gasteiger partial charge is 0.350 e. The van der Waals surface area contributed by atoms with Gasteiger partial charge in [-0.1, -0.05) is 30.3 Å². The molecule has 2 heterocycles. The van der Waals surface area contributed by atoms with Crippen LogP contribution < -0.4 is 15.9 Å². The summed E-state index contributed by atoms with van der Waals surface area (Å²) in [7, 11) is 0. The van der Waals surface area contributed by atoms with Crippen molar-refractivity contribution in [1.29, 1.82) is 0 Å². The molecule has 0 saturated carbocycles. The fourth-order valence-electron chi connectivity index (χ4n) is 4.34. The maximum atomic E-state index is 12.8. The molecule has 1 aromatic heterocycles. The average Bonchev–Trinajstić information content (AvgIpc) is 3.22. The molecule has 1 unspecified atom stereocenters. The van der Waals surface area contributed by atoms with Gasteiger partial charge in [0.2, 0.25) is 5.91 Å². The Bertz CT molecular complexity index is 1110. The van der Waals surface area contributed by atoms with Crippen LogP contribution in [0, 0.1) is 0 Å². The van der Waals surface area contributed by atoms with Crippen molar-refractivity contribution in [1.82, 2.24) is 24.6 Å². The molecule has 1 amide bonds. The molecule has 1 aliphatic heterocycles. The van der Waals surface area contributed by atoms with E-state index in [0.717, 1.165) is 43.1 Å². The number of hydrogen-bond acceptors (Lipinski definition) is 5. The van der Waals surface area contributed by atoms with Gasteiger partial charge in [-0.3, -0.25) is 9.69 Å². The molecule has 0 spiro atoms. The van der Waals surface area contributed by atoms with Crippen molar-refractivity contribution in [2.24, 2.45) is 0 Å². The summed E-state index contributed by atoms with van der Waals surface area (Å²) in [6.45, 7) is 9.68. The molecule has 2 aromatic carbocycles. The molecule has 0 radical (unpaired) electrons. The van der Waals surface area contributed by atoms with Crippen molar-refractivity contribution < 1.29 is 4.79 Å². The lowest BCUT2D eigenvalue weighted by atomic mass is 10.0. The van der Waals surface area contributed by atoms with Gasteiger partial charge in [-0.15, -0.1) is 0 Å². The summed E-state index contributed by atoms with van der Waals surface area (Å²) < 4.78 is 3.05. The quantitative estimate of drug-likeness (QED) is 0.601. The second kappa shape index (κ2) is 10.0. The van der Waals surface area contributed by atoms with Crippen LogP contribution in [0.1, 0.15) is 38.4 Å². The zero-order valence-corrected chi connectivity index (χ0v) is 19.5. The van der Waals surface area contributed by atoms with Gasteiger partial charge in [-0.25, -0.2) is 14.0 Å². The first kappa shape index (κ1) is 22.8. The molecule has 33 heavy (non-hydrogen) atoms. The van der Waals surface area contributed by atoms with Crippen LogP contribution in [0.25, 0.3) is 5.69 Å². The molecule has 3 aromatic rings. The van der Waals surface area contributed by atoms with Crippen LogP contribution in [0.4, 0.5) is 5.69 Å². The number of likely N-dealkylation sites (N-methyl/N-ethyl adjacent to an activating group) is 1. The SMILES string of the molecule is CCNC(=O)C(c1ccccc1)N1CCN(c2ccc(-n3cnn(C(C)C)c3=O)cc2)CC1. The van der Waals surface area contributed by atoms with E-state index in [1.807, 2.05) is 75.4 Å². The van der Waals surface area contributed by atoms with E-state index in [1.165, 1.54) is 4.68 Å². The van der Waals surface area contributed by atoms with Crippen LogP contribution >= 0.6 is 0 Å². The second-order valence-corrected chi connectivity index (χ2v) is 8.57. The van der Waals surface area contributed by atoms with Crippen LogP contribution in [-0.2, 0) is 4.79 Å². The summed E-state index contributed by atoms with van der Waals surface area (Å²) in [5.74, 6) is 0.0499. The molecular formula is C25H32N6O2. The minimum Gasteiger partial charge on any atom is -0.369 e. The van der Waals surface area contributed by atoms with Gasteiger partial charge in [-0.2, -0.15) is 5.10 Å². The fourth-order valence-corrected chi connectivity index (χ4v) is 4.34. The number of carbonyl (C=O) groups is 1. The zero-order chi connectivity index (χ0) is 23.4. The van der Waals surface area contributed by atoms with Gasteiger partial charge in [0.1, 0.15) is 12.4 Å². The number of benzene rings is 2. The highest BCUT2D eigenvalue weighted by Gasteiger charge is 2.30. The van der Waals surface area contributed by atoms with Gasteiger partial charge in [0, 0.05) is 38.4 Å². The van der Waals surface area contributed by atoms with E-state index in [-0.39, 0.29) is 23.7 Å². The van der Waals surface area contributed by atoms with E-state index in [2.05, 4.69) is 20.2 Å². The Morgan fingerprint density at radius 1 is 0.970 bits per heavy atom. The highest BCUT2D eigenvalue weighted by Crippen LogP contribution is 2.25. The third-order valence-electron chi connectivity index (χ3n) is 6.07. The predicted molar refractivity (Wildman–Crippen MR) is 130 cm³/mol. The zero-order valence-electron chi connectivity index (χ0n) is 19.5. The Hall–Kier alpha value is -3.39. The van der Waals surface area contributed by atoms with Crippen molar-refractivity contribution in [3.05, 3.63) is 77.0 Å². The summed E-state index contributed by atoms with van der Waals surface area (Å²) in [5, 5.41) is 7.19. The number of hydrogen-bond donors (Lipinski definition) is 1. The van der Waals surface area contributed by atoms with Crippen LogP contribution in [0.5, 0.6) is 0 Å². The van der Waals surface area contributed by atoms with E-state index < -0.39 is 0 Å². The summed E-state index contributed by atoms with van der Waals surface area (Å²) in [4.78, 5) is 29.9. The molecular weight excluding hydrogens is 416 g/mol. The van der Waals surface area contributed by atoms with Crippen LogP contribution in [0.3, 0.4) is 0 Å². The first-order chi connectivity index (χ1) is 16.0. The highest BCUT2D eigenvalue weighted by molar-refractivity contribution is 5.83. The summed E-state index contributed by atoms with van der Waals surface area (Å²) in [6, 6.07) is 17.7. The van der Waals surface area contributed by atoms with E-state index in [1.54, 1.807) is 10.9 Å². The van der Waals surface area contributed by atoms with Gasteiger partial charge in [0.15, 0.2) is 0 Å². The predicted octanol–water partition coefficient (Wildman–Crippen LogP) is 2.61. The molecule has 1 saturated heterocycles. The minimum atomic E-state index is -0.278. The first-order valence-corrected chi connectivity index (χ1v) is 11.6. The number of rotatable bonds is 7. The van der Waals surface area contributed by atoms with Crippen molar-refractivity contribution in [3.8, 4) is 5.69 Å². The number of nitrogens with zero attached hydrogens (tertiary/aromatic N) is 5. The maximum Gasteiger partial charge on any atom is 0.350 e. The molecule has 1 aliphatic rings. The molecule has 1 N–H and O–H groups in total. The third kappa shape index (κ3) is 4.85.